The van der Waals surface area contributed by atoms with Gasteiger partial charge in [0, 0.05) is 28.4 Å². The molecule has 4 aromatic rings. The van der Waals surface area contributed by atoms with E-state index in [0.29, 0.717) is 38.2 Å². The van der Waals surface area contributed by atoms with Gasteiger partial charge in [-0.3, -0.25) is 19.4 Å². The molecule has 0 saturated heterocycles. The number of fused-ring (bicyclic) bond motifs is 1. The van der Waals surface area contributed by atoms with E-state index in [0.717, 1.165) is 0 Å². The highest BCUT2D eigenvalue weighted by Crippen LogP contribution is 2.28. The monoisotopic (exact) mass is 492 g/mol. The number of nitrogens with one attached hydrogen (secondary N) is 1. The van der Waals surface area contributed by atoms with Gasteiger partial charge in [0.15, 0.2) is 0 Å². The second-order valence-electron chi connectivity index (χ2n) is 7.66. The van der Waals surface area contributed by atoms with Crippen molar-refractivity contribution in [1.82, 2.24) is 4.98 Å². The first-order valence-electron chi connectivity index (χ1n) is 10.3. The van der Waals surface area contributed by atoms with Crippen molar-refractivity contribution in [2.45, 2.75) is 12.8 Å². The van der Waals surface area contributed by atoms with Crippen LogP contribution in [0.5, 0.6) is 0 Å². The Balaban J connectivity index is 1.59. The third-order valence-corrected chi connectivity index (χ3v) is 6.20. The smallest absolute Gasteiger partial charge is 0.310 e. The number of ketones is 1. The Morgan fingerprint density at radius 1 is 0.882 bits per heavy atom. The number of amides is 1. The van der Waals surface area contributed by atoms with E-state index >= 15 is 0 Å². The summed E-state index contributed by atoms with van der Waals surface area (Å²) in [7, 11) is 0. The quantitative estimate of drug-likeness (QED) is 0.311. The summed E-state index contributed by atoms with van der Waals surface area (Å²) in [5, 5.41) is 14.0. The van der Waals surface area contributed by atoms with Crippen LogP contribution in [0.2, 0.25) is 10.0 Å². The molecule has 34 heavy (non-hydrogen) atoms. The normalized spacial score (nSPS) is 11.7. The molecule has 1 unspecified atom stereocenters. The number of hydrogen-bond donors (Lipinski definition) is 2. The van der Waals surface area contributed by atoms with Crippen LogP contribution in [0.1, 0.15) is 44.8 Å². The average Bonchev–Trinajstić information content (AvgIpc) is 2.84. The highest BCUT2D eigenvalue weighted by molar-refractivity contribution is 6.42. The number of hydrogen-bond acceptors (Lipinski definition) is 4. The number of anilines is 1. The lowest BCUT2D eigenvalue weighted by Gasteiger charge is -2.13. The Morgan fingerprint density at radius 3 is 2.18 bits per heavy atom. The molecule has 6 nitrogen and oxygen atoms in total. The molecule has 0 saturated carbocycles. The number of carbonyl (C=O) groups is 3. The lowest BCUT2D eigenvalue weighted by molar-refractivity contribution is -0.138. The van der Waals surface area contributed by atoms with Crippen LogP contribution < -0.4 is 5.32 Å². The summed E-state index contributed by atoms with van der Waals surface area (Å²) in [6.07, 6.45) is 1.44. The van der Waals surface area contributed by atoms with Crippen LogP contribution in [-0.4, -0.2) is 27.8 Å². The summed E-state index contributed by atoms with van der Waals surface area (Å²) in [5.41, 5.74) is 1.99. The minimum absolute atomic E-state index is 0.226. The van der Waals surface area contributed by atoms with E-state index in [1.165, 1.54) is 12.3 Å². The molecular formula is C26H18Cl2N2O4. The van der Waals surface area contributed by atoms with Crippen LogP contribution in [-0.2, 0) is 4.79 Å². The standard InChI is InChI=1S/C26H18Cl2N2O4/c1-14(26(33)34)20-13-29-23(19-5-3-2-4-18(19)20)24(31)15-6-9-17(10-7-15)30-25(32)16-8-11-21(27)22(28)12-16/h2-14H,1H3,(H,30,32)(H,33,34). The van der Waals surface area contributed by atoms with Gasteiger partial charge in [0.05, 0.1) is 16.0 Å². The Labute approximate surface area is 205 Å². The third kappa shape index (κ3) is 4.64. The van der Waals surface area contributed by atoms with Gasteiger partial charge in [0.2, 0.25) is 5.78 Å². The number of carboxylic acid groups (broad SMARTS) is 1. The molecule has 1 aromatic heterocycles. The summed E-state index contributed by atoms with van der Waals surface area (Å²) in [6, 6.07) is 18.1. The molecule has 0 aliphatic heterocycles. The average molecular weight is 493 g/mol. The predicted octanol–water partition coefficient (Wildman–Crippen LogP) is 6.21. The molecule has 1 atom stereocenters. The number of aliphatic carboxylic acids is 1. The zero-order valence-electron chi connectivity index (χ0n) is 17.9. The lowest BCUT2D eigenvalue weighted by atomic mass is 9.94. The van der Waals surface area contributed by atoms with E-state index in [-0.39, 0.29) is 22.4 Å². The number of halogens is 2. The molecule has 0 fully saturated rings. The van der Waals surface area contributed by atoms with E-state index < -0.39 is 11.9 Å². The summed E-state index contributed by atoms with van der Waals surface area (Å²) in [6.45, 7) is 1.58. The Morgan fingerprint density at radius 2 is 1.53 bits per heavy atom. The zero-order valence-corrected chi connectivity index (χ0v) is 19.4. The second-order valence-corrected chi connectivity index (χ2v) is 8.47. The van der Waals surface area contributed by atoms with Crippen LogP contribution in [0.15, 0.2) is 72.9 Å². The SMILES string of the molecule is CC(C(=O)O)c1cnc(C(=O)c2ccc(NC(=O)c3ccc(Cl)c(Cl)c3)cc2)c2ccccc12. The predicted molar refractivity (Wildman–Crippen MR) is 132 cm³/mol. The van der Waals surface area contributed by atoms with Gasteiger partial charge in [-0.1, -0.05) is 47.5 Å². The zero-order chi connectivity index (χ0) is 24.4. The topological polar surface area (TPSA) is 96.4 Å². The highest BCUT2D eigenvalue weighted by atomic mass is 35.5. The number of benzene rings is 3. The van der Waals surface area contributed by atoms with E-state index in [1.807, 2.05) is 0 Å². The fourth-order valence-electron chi connectivity index (χ4n) is 3.56. The number of pyridine rings is 1. The van der Waals surface area contributed by atoms with E-state index in [4.69, 9.17) is 23.2 Å². The number of carboxylic acids is 1. The molecule has 4 rings (SSSR count). The third-order valence-electron chi connectivity index (χ3n) is 5.46. The maximum absolute atomic E-state index is 13.2. The van der Waals surface area contributed by atoms with Crippen molar-refractivity contribution in [3.05, 3.63) is 105 Å². The summed E-state index contributed by atoms with van der Waals surface area (Å²) in [4.78, 5) is 41.5. The van der Waals surface area contributed by atoms with E-state index in [2.05, 4.69) is 10.3 Å². The van der Waals surface area contributed by atoms with Gasteiger partial charge in [-0.25, -0.2) is 0 Å². The van der Waals surface area contributed by atoms with Crippen molar-refractivity contribution in [1.29, 1.82) is 0 Å². The van der Waals surface area contributed by atoms with Gasteiger partial charge in [0.25, 0.3) is 5.91 Å². The maximum Gasteiger partial charge on any atom is 0.310 e. The van der Waals surface area contributed by atoms with E-state index in [9.17, 15) is 19.5 Å². The Bertz CT molecular complexity index is 1430. The van der Waals surface area contributed by atoms with Gasteiger partial charge in [-0.15, -0.1) is 0 Å². The first-order chi connectivity index (χ1) is 16.3. The fraction of sp³-hybridized carbons (Fsp3) is 0.0769. The molecule has 2 N–H and O–H groups in total. The molecule has 0 aliphatic carbocycles. The van der Waals surface area contributed by atoms with Gasteiger partial charge in [-0.05, 0) is 60.3 Å². The van der Waals surface area contributed by atoms with Crippen LogP contribution >= 0.6 is 23.2 Å². The number of aromatic nitrogens is 1. The molecule has 1 amide bonds. The first-order valence-corrected chi connectivity index (χ1v) is 11.0. The van der Waals surface area contributed by atoms with Crippen molar-refractivity contribution in [3.63, 3.8) is 0 Å². The molecule has 1 heterocycles. The van der Waals surface area contributed by atoms with Crippen LogP contribution in [0.25, 0.3) is 10.8 Å². The molecule has 0 aliphatic rings. The van der Waals surface area contributed by atoms with Crippen LogP contribution in [0.4, 0.5) is 5.69 Å². The van der Waals surface area contributed by atoms with Crippen molar-refractivity contribution in [2.75, 3.05) is 5.32 Å². The molecular weight excluding hydrogens is 475 g/mol. The first kappa shape index (κ1) is 23.4. The van der Waals surface area contributed by atoms with Gasteiger partial charge in [-0.2, -0.15) is 0 Å². The maximum atomic E-state index is 13.2. The van der Waals surface area contributed by atoms with Gasteiger partial charge >= 0.3 is 5.97 Å². The summed E-state index contributed by atoms with van der Waals surface area (Å²) < 4.78 is 0. The highest BCUT2D eigenvalue weighted by Gasteiger charge is 2.21. The second kappa shape index (κ2) is 9.63. The van der Waals surface area contributed by atoms with Crippen molar-refractivity contribution in [2.24, 2.45) is 0 Å². The van der Waals surface area contributed by atoms with Crippen LogP contribution in [0.3, 0.4) is 0 Å². The lowest BCUT2D eigenvalue weighted by Crippen LogP contribution is -2.13. The number of rotatable bonds is 6. The molecule has 8 heteroatoms. The minimum Gasteiger partial charge on any atom is -0.481 e. The van der Waals surface area contributed by atoms with Gasteiger partial charge < -0.3 is 10.4 Å². The molecule has 0 bridgehead atoms. The minimum atomic E-state index is -0.968. The molecule has 170 valence electrons. The Hall–Kier alpha value is -3.74. The number of carbonyl (C=O) groups excluding carboxylic acids is 2. The van der Waals surface area contributed by atoms with Crippen LogP contribution in [0, 0.1) is 0 Å². The van der Waals surface area contributed by atoms with Gasteiger partial charge in [0.1, 0.15) is 5.69 Å². The van der Waals surface area contributed by atoms with E-state index in [1.54, 1.807) is 67.6 Å². The Kier molecular flexibility index (Phi) is 6.63. The summed E-state index contributed by atoms with van der Waals surface area (Å²) >= 11 is 11.9. The number of nitrogens with zero attached hydrogens (tertiary/aromatic N) is 1. The van der Waals surface area contributed by atoms with Crippen molar-refractivity contribution >= 4 is 57.3 Å². The van der Waals surface area contributed by atoms with Crippen molar-refractivity contribution < 1.29 is 19.5 Å². The van der Waals surface area contributed by atoms with Crippen molar-refractivity contribution in [3.8, 4) is 0 Å². The fourth-order valence-corrected chi connectivity index (χ4v) is 3.85. The largest absolute Gasteiger partial charge is 0.481 e. The molecule has 0 radical (unpaired) electrons. The molecule has 0 spiro atoms. The molecule has 3 aromatic carbocycles. The summed E-state index contributed by atoms with van der Waals surface area (Å²) in [5.74, 6) is -2.41.